The quantitative estimate of drug-likeness (QED) is 0.366. The second kappa shape index (κ2) is 4.01. The smallest absolute Gasteiger partial charge is 0.256 e. The first-order valence-corrected chi connectivity index (χ1v) is 4.98. The fraction of sp³-hybridized carbons (Fsp3) is 0.167. The molecule has 0 saturated carbocycles. The molecule has 82 valence electrons. The standard InChI is InChI=1S/C12H12N3.HI/c1-14-11-8-7-9-5-3-4-6-10(9)12(11)13-15(14)2;/h3-8H,1-2H3;1H/q+1;/p-1. The third kappa shape index (κ3) is 1.48. The molecule has 4 heteroatoms. The van der Waals surface area contributed by atoms with Gasteiger partial charge in [0, 0.05) is 10.5 Å². The van der Waals surface area contributed by atoms with Gasteiger partial charge in [-0.15, -0.1) is 0 Å². The second-order valence-corrected chi connectivity index (χ2v) is 3.77. The molecule has 0 unspecified atom stereocenters. The van der Waals surface area contributed by atoms with E-state index in [1.165, 1.54) is 10.8 Å². The minimum absolute atomic E-state index is 0. The third-order valence-electron chi connectivity index (χ3n) is 2.91. The molecule has 3 nitrogen and oxygen atoms in total. The van der Waals surface area contributed by atoms with Crippen LogP contribution < -0.4 is 28.7 Å². The van der Waals surface area contributed by atoms with E-state index in [4.69, 9.17) is 0 Å². The second-order valence-electron chi connectivity index (χ2n) is 3.77. The van der Waals surface area contributed by atoms with E-state index in [0.717, 1.165) is 11.0 Å². The molecule has 0 N–H and O–H groups in total. The Hall–Kier alpha value is -1.17. The van der Waals surface area contributed by atoms with Gasteiger partial charge in [-0.2, -0.15) is 4.68 Å². The highest BCUT2D eigenvalue weighted by atomic mass is 127. The van der Waals surface area contributed by atoms with Gasteiger partial charge in [0.2, 0.25) is 5.52 Å². The summed E-state index contributed by atoms with van der Waals surface area (Å²) in [5.41, 5.74) is 2.23. The van der Waals surface area contributed by atoms with Crippen molar-refractivity contribution in [1.29, 1.82) is 0 Å². The molecule has 1 aromatic heterocycles. The van der Waals surface area contributed by atoms with Crippen LogP contribution in [0.15, 0.2) is 36.4 Å². The van der Waals surface area contributed by atoms with Crippen LogP contribution in [0.25, 0.3) is 21.8 Å². The van der Waals surface area contributed by atoms with Crippen molar-refractivity contribution in [3.05, 3.63) is 36.4 Å². The van der Waals surface area contributed by atoms with Gasteiger partial charge >= 0.3 is 0 Å². The van der Waals surface area contributed by atoms with Gasteiger partial charge in [0.1, 0.15) is 7.05 Å². The summed E-state index contributed by atoms with van der Waals surface area (Å²) < 4.78 is 2.04. The topological polar surface area (TPSA) is 21.7 Å². The highest BCUT2D eigenvalue weighted by molar-refractivity contribution is 6.02. The van der Waals surface area contributed by atoms with Crippen LogP contribution in [-0.2, 0) is 14.1 Å². The normalized spacial score (nSPS) is 10.6. The van der Waals surface area contributed by atoms with Crippen molar-refractivity contribution in [2.24, 2.45) is 14.1 Å². The minimum atomic E-state index is 0. The van der Waals surface area contributed by atoms with Crippen molar-refractivity contribution in [3.63, 3.8) is 0 Å². The van der Waals surface area contributed by atoms with Crippen LogP contribution in [0.5, 0.6) is 0 Å². The van der Waals surface area contributed by atoms with Gasteiger partial charge in [0.25, 0.3) is 5.52 Å². The van der Waals surface area contributed by atoms with Gasteiger partial charge < -0.3 is 24.0 Å². The third-order valence-corrected chi connectivity index (χ3v) is 2.91. The number of hydrogen-bond acceptors (Lipinski definition) is 1. The van der Waals surface area contributed by atoms with Crippen molar-refractivity contribution < 1.29 is 28.7 Å². The number of nitrogens with zero attached hydrogens (tertiary/aromatic N) is 3. The first kappa shape index (κ1) is 11.3. The highest BCUT2D eigenvalue weighted by Crippen LogP contribution is 2.20. The Labute approximate surface area is 111 Å². The largest absolute Gasteiger partial charge is 1.00 e. The Kier molecular flexibility index (Phi) is 2.84. The first-order chi connectivity index (χ1) is 7.27. The van der Waals surface area contributed by atoms with Gasteiger partial charge in [-0.25, -0.2) is 0 Å². The van der Waals surface area contributed by atoms with Gasteiger partial charge in [0.15, 0.2) is 0 Å². The van der Waals surface area contributed by atoms with Gasteiger partial charge in [-0.05, 0) is 28.4 Å². The predicted molar refractivity (Wildman–Crippen MR) is 59.4 cm³/mol. The molecule has 0 aliphatic carbocycles. The van der Waals surface area contributed by atoms with E-state index in [1.54, 1.807) is 0 Å². The molecule has 0 aliphatic rings. The molecule has 3 aromatic rings. The lowest BCUT2D eigenvalue weighted by Crippen LogP contribution is -3.00. The minimum Gasteiger partial charge on any atom is -1.00 e. The molecule has 0 aliphatic heterocycles. The molecule has 0 atom stereocenters. The Morgan fingerprint density at radius 1 is 1.12 bits per heavy atom. The molecule has 1 heterocycles. The van der Waals surface area contributed by atoms with Crippen molar-refractivity contribution >= 4 is 21.8 Å². The zero-order chi connectivity index (χ0) is 10.4. The summed E-state index contributed by atoms with van der Waals surface area (Å²) >= 11 is 0. The maximum Gasteiger partial charge on any atom is 0.256 e. The highest BCUT2D eigenvalue weighted by Gasteiger charge is 2.15. The monoisotopic (exact) mass is 325 g/mol. The lowest BCUT2D eigenvalue weighted by Gasteiger charge is -1.93. The van der Waals surface area contributed by atoms with Crippen LogP contribution in [-0.4, -0.2) is 9.90 Å². The summed E-state index contributed by atoms with van der Waals surface area (Å²) in [5.74, 6) is 0. The van der Waals surface area contributed by atoms with E-state index in [2.05, 4.69) is 41.5 Å². The maximum atomic E-state index is 4.52. The molecule has 16 heavy (non-hydrogen) atoms. The number of aromatic nitrogens is 3. The fourth-order valence-corrected chi connectivity index (χ4v) is 1.98. The summed E-state index contributed by atoms with van der Waals surface area (Å²) in [5, 5.41) is 6.97. The summed E-state index contributed by atoms with van der Waals surface area (Å²) in [4.78, 5) is 1.86. The van der Waals surface area contributed by atoms with Crippen molar-refractivity contribution in [2.45, 2.75) is 0 Å². The number of hydrogen-bond donors (Lipinski definition) is 0. The Bertz CT molecular complexity index is 658. The zero-order valence-electron chi connectivity index (χ0n) is 9.18. The van der Waals surface area contributed by atoms with Crippen molar-refractivity contribution in [3.8, 4) is 0 Å². The molecular formula is C12H12IN3. The summed E-state index contributed by atoms with van der Waals surface area (Å²) in [6, 6.07) is 12.6. The number of rotatable bonds is 0. The summed E-state index contributed by atoms with van der Waals surface area (Å²) in [7, 11) is 3.97. The van der Waals surface area contributed by atoms with E-state index in [9.17, 15) is 0 Å². The Morgan fingerprint density at radius 2 is 1.88 bits per heavy atom. The molecular weight excluding hydrogens is 313 g/mol. The number of halogens is 1. The molecule has 0 bridgehead atoms. The van der Waals surface area contributed by atoms with Crippen LogP contribution in [0.2, 0.25) is 0 Å². The first-order valence-electron chi connectivity index (χ1n) is 4.98. The van der Waals surface area contributed by atoms with E-state index in [1.807, 2.05) is 23.6 Å². The van der Waals surface area contributed by atoms with E-state index in [0.29, 0.717) is 0 Å². The SMILES string of the molecule is Cn1nc2c3ccccc3ccc2[n+]1C.[I-]. The number of benzene rings is 2. The Morgan fingerprint density at radius 3 is 2.69 bits per heavy atom. The van der Waals surface area contributed by atoms with Crippen LogP contribution in [0.3, 0.4) is 0 Å². The van der Waals surface area contributed by atoms with Crippen molar-refractivity contribution in [1.82, 2.24) is 9.90 Å². The lowest BCUT2D eigenvalue weighted by atomic mass is 10.1. The van der Waals surface area contributed by atoms with Crippen LogP contribution in [0.1, 0.15) is 0 Å². The van der Waals surface area contributed by atoms with Gasteiger partial charge in [-0.1, -0.05) is 18.2 Å². The van der Waals surface area contributed by atoms with Crippen molar-refractivity contribution in [2.75, 3.05) is 0 Å². The molecule has 0 amide bonds. The summed E-state index contributed by atoms with van der Waals surface area (Å²) in [6.45, 7) is 0. The maximum absolute atomic E-state index is 4.52. The number of fused-ring (bicyclic) bond motifs is 3. The zero-order valence-corrected chi connectivity index (χ0v) is 11.3. The predicted octanol–water partition coefficient (Wildman–Crippen LogP) is -1.44. The average molecular weight is 325 g/mol. The van der Waals surface area contributed by atoms with Crippen LogP contribution in [0, 0.1) is 0 Å². The van der Waals surface area contributed by atoms with E-state index in [-0.39, 0.29) is 24.0 Å². The molecule has 0 spiro atoms. The van der Waals surface area contributed by atoms with E-state index < -0.39 is 0 Å². The van der Waals surface area contributed by atoms with Crippen LogP contribution >= 0.6 is 0 Å². The number of aryl methyl sites for hydroxylation is 2. The fourth-order valence-electron chi connectivity index (χ4n) is 1.98. The Balaban J connectivity index is 0.000000963. The molecule has 0 fully saturated rings. The molecule has 0 saturated heterocycles. The van der Waals surface area contributed by atoms with Gasteiger partial charge in [0.05, 0.1) is 7.05 Å². The van der Waals surface area contributed by atoms with Crippen LogP contribution in [0.4, 0.5) is 0 Å². The molecule has 2 aromatic carbocycles. The van der Waals surface area contributed by atoms with E-state index >= 15 is 0 Å². The lowest BCUT2D eigenvalue weighted by molar-refractivity contribution is -0.733. The summed E-state index contributed by atoms with van der Waals surface area (Å²) in [6.07, 6.45) is 0. The molecule has 0 radical (unpaired) electrons. The van der Waals surface area contributed by atoms with Gasteiger partial charge in [-0.3, -0.25) is 0 Å². The average Bonchev–Trinajstić information content (AvgIpc) is 2.56. The molecule has 3 rings (SSSR count).